The van der Waals surface area contributed by atoms with E-state index < -0.39 is 0 Å². The van der Waals surface area contributed by atoms with E-state index in [0.717, 1.165) is 34.6 Å². The number of nitrogens with zero attached hydrogens (tertiary/aromatic N) is 3. The maximum atomic E-state index is 8.90. The Morgan fingerprint density at radius 2 is 2.26 bits per heavy atom. The normalized spacial score (nSPS) is 14.3. The fraction of sp³-hybridized carbons (Fsp3) is 0.357. The van der Waals surface area contributed by atoms with Crippen LogP contribution in [0, 0.1) is 11.3 Å². The molecule has 0 saturated heterocycles. The molecule has 1 N–H and O–H groups in total. The summed E-state index contributed by atoms with van der Waals surface area (Å²) >= 11 is 1.61. The Bertz CT molecular complexity index is 610. The highest BCUT2D eigenvalue weighted by Crippen LogP contribution is 2.24. The third-order valence-corrected chi connectivity index (χ3v) is 4.09. The van der Waals surface area contributed by atoms with Gasteiger partial charge in [-0.25, -0.2) is 0 Å². The average Bonchev–Trinajstić information content (AvgIpc) is 3.15. The van der Waals surface area contributed by atoms with Crippen LogP contribution in [0.4, 0.5) is 0 Å². The number of hydrogen-bond donors (Lipinski definition) is 1. The van der Waals surface area contributed by atoms with Gasteiger partial charge in [0.1, 0.15) is 10.0 Å². The first kappa shape index (κ1) is 12.3. The molecule has 0 aliphatic heterocycles. The molecule has 96 valence electrons. The predicted molar refractivity (Wildman–Crippen MR) is 74.8 cm³/mol. The van der Waals surface area contributed by atoms with Gasteiger partial charge in [-0.1, -0.05) is 23.5 Å². The number of aromatic nitrogens is 2. The summed E-state index contributed by atoms with van der Waals surface area (Å²) in [7, 11) is 0. The van der Waals surface area contributed by atoms with E-state index in [1.54, 1.807) is 17.4 Å². The molecule has 1 aliphatic rings. The number of benzene rings is 1. The predicted octanol–water partition coefficient (Wildman–Crippen LogP) is 2.37. The van der Waals surface area contributed by atoms with Crippen LogP contribution >= 0.6 is 11.3 Å². The van der Waals surface area contributed by atoms with Gasteiger partial charge in [-0.3, -0.25) is 0 Å². The van der Waals surface area contributed by atoms with Crippen LogP contribution in [0.15, 0.2) is 24.3 Å². The molecule has 1 saturated carbocycles. The van der Waals surface area contributed by atoms with E-state index in [2.05, 4.69) is 21.6 Å². The maximum Gasteiger partial charge on any atom is 0.147 e. The third kappa shape index (κ3) is 3.16. The molecule has 1 aromatic carbocycles. The Kier molecular flexibility index (Phi) is 3.53. The highest BCUT2D eigenvalue weighted by atomic mass is 32.1. The first-order chi connectivity index (χ1) is 9.35. The van der Waals surface area contributed by atoms with E-state index >= 15 is 0 Å². The topological polar surface area (TPSA) is 61.6 Å². The maximum absolute atomic E-state index is 8.90. The largest absolute Gasteiger partial charge is 0.314 e. The standard InChI is InChI=1S/C14H14N4S/c15-9-10-2-1-3-11(8-10)14-18-17-13(19-14)6-7-16-12-4-5-12/h1-3,8,12,16H,4-7H2. The van der Waals surface area contributed by atoms with Crippen molar-refractivity contribution in [3.8, 4) is 16.6 Å². The zero-order valence-electron chi connectivity index (χ0n) is 10.5. The second-order valence-electron chi connectivity index (χ2n) is 4.67. The molecule has 2 aromatic rings. The minimum Gasteiger partial charge on any atom is -0.314 e. The van der Waals surface area contributed by atoms with E-state index in [0.29, 0.717) is 5.56 Å². The highest BCUT2D eigenvalue weighted by molar-refractivity contribution is 7.14. The SMILES string of the molecule is N#Cc1cccc(-c2nnc(CCNC3CC3)s2)c1. The summed E-state index contributed by atoms with van der Waals surface area (Å²) in [4.78, 5) is 0. The fourth-order valence-electron chi connectivity index (χ4n) is 1.86. The number of rotatable bonds is 5. The summed E-state index contributed by atoms with van der Waals surface area (Å²) in [5.74, 6) is 0. The van der Waals surface area contributed by atoms with Crippen LogP contribution in [-0.4, -0.2) is 22.8 Å². The van der Waals surface area contributed by atoms with Gasteiger partial charge in [0, 0.05) is 24.6 Å². The summed E-state index contributed by atoms with van der Waals surface area (Å²) in [5, 5.41) is 22.7. The Morgan fingerprint density at radius 1 is 1.37 bits per heavy atom. The summed E-state index contributed by atoms with van der Waals surface area (Å²) in [6.45, 7) is 0.970. The number of nitriles is 1. The molecule has 1 aromatic heterocycles. The minimum atomic E-state index is 0.657. The van der Waals surface area contributed by atoms with Crippen LogP contribution in [0.3, 0.4) is 0 Å². The van der Waals surface area contributed by atoms with Gasteiger partial charge in [0.2, 0.25) is 0 Å². The molecular formula is C14H14N4S. The van der Waals surface area contributed by atoms with E-state index in [-0.39, 0.29) is 0 Å². The van der Waals surface area contributed by atoms with Crippen LogP contribution in [0.2, 0.25) is 0 Å². The first-order valence-corrected chi connectivity index (χ1v) is 7.23. The molecule has 5 heteroatoms. The van der Waals surface area contributed by atoms with Crippen molar-refractivity contribution in [3.05, 3.63) is 34.8 Å². The van der Waals surface area contributed by atoms with Crippen molar-refractivity contribution in [2.45, 2.75) is 25.3 Å². The van der Waals surface area contributed by atoms with Gasteiger partial charge in [-0.05, 0) is 25.0 Å². The van der Waals surface area contributed by atoms with Crippen molar-refractivity contribution in [2.75, 3.05) is 6.54 Å². The molecule has 0 radical (unpaired) electrons. The Morgan fingerprint density at radius 3 is 3.05 bits per heavy atom. The Hall–Kier alpha value is -1.77. The van der Waals surface area contributed by atoms with Gasteiger partial charge < -0.3 is 5.32 Å². The van der Waals surface area contributed by atoms with Crippen molar-refractivity contribution in [1.82, 2.24) is 15.5 Å². The summed E-state index contributed by atoms with van der Waals surface area (Å²) in [6.07, 6.45) is 3.54. The van der Waals surface area contributed by atoms with E-state index in [4.69, 9.17) is 5.26 Å². The zero-order chi connectivity index (χ0) is 13.1. The number of hydrogen-bond acceptors (Lipinski definition) is 5. The zero-order valence-corrected chi connectivity index (χ0v) is 11.3. The molecule has 0 unspecified atom stereocenters. The second-order valence-corrected chi connectivity index (χ2v) is 5.73. The lowest BCUT2D eigenvalue weighted by Gasteiger charge is -1.98. The second kappa shape index (κ2) is 5.47. The summed E-state index contributed by atoms with van der Waals surface area (Å²) in [5.41, 5.74) is 1.63. The molecule has 0 amide bonds. The minimum absolute atomic E-state index is 0.657. The summed E-state index contributed by atoms with van der Waals surface area (Å²) < 4.78 is 0. The summed E-state index contributed by atoms with van der Waals surface area (Å²) in [6, 6.07) is 10.4. The molecule has 4 nitrogen and oxygen atoms in total. The van der Waals surface area contributed by atoms with Crippen LogP contribution in [0.1, 0.15) is 23.4 Å². The van der Waals surface area contributed by atoms with Crippen LogP contribution < -0.4 is 5.32 Å². The fourth-order valence-corrected chi connectivity index (χ4v) is 2.70. The lowest BCUT2D eigenvalue weighted by molar-refractivity contribution is 0.677. The quantitative estimate of drug-likeness (QED) is 0.906. The van der Waals surface area contributed by atoms with E-state index in [9.17, 15) is 0 Å². The lowest BCUT2D eigenvalue weighted by Crippen LogP contribution is -2.19. The average molecular weight is 270 g/mol. The monoisotopic (exact) mass is 270 g/mol. The molecule has 0 bridgehead atoms. The van der Waals surface area contributed by atoms with Crippen LogP contribution in [0.25, 0.3) is 10.6 Å². The van der Waals surface area contributed by atoms with Gasteiger partial charge in [-0.2, -0.15) is 5.26 Å². The van der Waals surface area contributed by atoms with Crippen LogP contribution in [0.5, 0.6) is 0 Å². The van der Waals surface area contributed by atoms with Gasteiger partial charge in [-0.15, -0.1) is 10.2 Å². The van der Waals surface area contributed by atoms with E-state index in [1.807, 2.05) is 18.2 Å². The Balaban J connectivity index is 1.67. The molecule has 3 rings (SSSR count). The first-order valence-electron chi connectivity index (χ1n) is 6.41. The van der Waals surface area contributed by atoms with Gasteiger partial charge >= 0.3 is 0 Å². The highest BCUT2D eigenvalue weighted by Gasteiger charge is 2.19. The van der Waals surface area contributed by atoms with Crippen molar-refractivity contribution in [3.63, 3.8) is 0 Å². The van der Waals surface area contributed by atoms with Crippen molar-refractivity contribution in [2.24, 2.45) is 0 Å². The van der Waals surface area contributed by atoms with Crippen molar-refractivity contribution in [1.29, 1.82) is 5.26 Å². The smallest absolute Gasteiger partial charge is 0.147 e. The number of nitrogens with one attached hydrogen (secondary N) is 1. The van der Waals surface area contributed by atoms with Gasteiger partial charge in [0.25, 0.3) is 0 Å². The lowest BCUT2D eigenvalue weighted by atomic mass is 10.1. The molecule has 1 aliphatic carbocycles. The van der Waals surface area contributed by atoms with E-state index in [1.165, 1.54) is 12.8 Å². The Labute approximate surface area is 116 Å². The molecule has 1 fully saturated rings. The third-order valence-electron chi connectivity index (χ3n) is 3.05. The molecule has 19 heavy (non-hydrogen) atoms. The van der Waals surface area contributed by atoms with Crippen molar-refractivity contribution < 1.29 is 0 Å². The van der Waals surface area contributed by atoms with Crippen molar-refractivity contribution >= 4 is 11.3 Å². The molecule has 0 spiro atoms. The van der Waals surface area contributed by atoms with Gasteiger partial charge in [0.05, 0.1) is 11.6 Å². The molecule has 0 atom stereocenters. The molecule has 1 heterocycles. The van der Waals surface area contributed by atoms with Crippen LogP contribution in [-0.2, 0) is 6.42 Å². The van der Waals surface area contributed by atoms with Gasteiger partial charge in [0.15, 0.2) is 0 Å². The molecular weight excluding hydrogens is 256 g/mol.